The summed E-state index contributed by atoms with van der Waals surface area (Å²) in [7, 11) is 0. The quantitative estimate of drug-likeness (QED) is 0.907. The summed E-state index contributed by atoms with van der Waals surface area (Å²) < 4.78 is 5.63. The molecular weight excluding hydrogens is 238 g/mol. The van der Waals surface area contributed by atoms with Crippen LogP contribution >= 0.6 is 11.6 Å². The van der Waals surface area contributed by atoms with Crippen LogP contribution in [0.15, 0.2) is 36.5 Å². The molecule has 0 amide bonds. The van der Waals surface area contributed by atoms with Gasteiger partial charge in [0.1, 0.15) is 5.75 Å². The van der Waals surface area contributed by atoms with Gasteiger partial charge in [0.2, 0.25) is 5.88 Å². The fourth-order valence-corrected chi connectivity index (χ4v) is 1.67. The Balaban J connectivity index is 2.25. The Morgan fingerprint density at radius 3 is 2.82 bits per heavy atom. The van der Waals surface area contributed by atoms with Gasteiger partial charge in [0.05, 0.1) is 6.61 Å². The molecule has 0 bridgehead atoms. The van der Waals surface area contributed by atoms with E-state index in [2.05, 4.69) is 4.98 Å². The first kappa shape index (κ1) is 11.9. The molecule has 0 aliphatic rings. The zero-order chi connectivity index (χ0) is 12.3. The fourth-order valence-electron chi connectivity index (χ4n) is 1.44. The second-order valence-electron chi connectivity index (χ2n) is 3.67. The van der Waals surface area contributed by atoms with E-state index in [-0.39, 0.29) is 6.61 Å². The summed E-state index contributed by atoms with van der Waals surface area (Å²) in [6, 6.07) is 8.83. The molecule has 0 unspecified atom stereocenters. The van der Waals surface area contributed by atoms with Gasteiger partial charge in [0.15, 0.2) is 0 Å². The number of hydrogen-bond acceptors (Lipinski definition) is 3. The van der Waals surface area contributed by atoms with Crippen LogP contribution in [0.1, 0.15) is 11.1 Å². The number of nitrogens with zero attached hydrogens (tertiary/aromatic N) is 1. The zero-order valence-electron chi connectivity index (χ0n) is 9.35. The number of halogens is 1. The number of aryl methyl sites for hydroxylation is 1. The van der Waals surface area contributed by atoms with Gasteiger partial charge in [0, 0.05) is 17.3 Å². The smallest absolute Gasteiger partial charge is 0.219 e. The van der Waals surface area contributed by atoms with Gasteiger partial charge >= 0.3 is 0 Å². The summed E-state index contributed by atoms with van der Waals surface area (Å²) in [6.45, 7) is 1.88. The second-order valence-corrected chi connectivity index (χ2v) is 4.11. The number of aliphatic hydroxyl groups is 1. The Labute approximate surface area is 105 Å². The van der Waals surface area contributed by atoms with Crippen molar-refractivity contribution in [1.82, 2.24) is 4.98 Å². The van der Waals surface area contributed by atoms with Crippen molar-refractivity contribution in [1.29, 1.82) is 0 Å². The molecule has 17 heavy (non-hydrogen) atoms. The highest BCUT2D eigenvalue weighted by Crippen LogP contribution is 2.26. The Hall–Kier alpha value is -1.58. The molecule has 88 valence electrons. The van der Waals surface area contributed by atoms with E-state index in [4.69, 9.17) is 21.4 Å². The highest BCUT2D eigenvalue weighted by atomic mass is 35.5. The van der Waals surface area contributed by atoms with Crippen LogP contribution in [0, 0.1) is 6.92 Å². The molecule has 0 fully saturated rings. The average Bonchev–Trinajstić information content (AvgIpc) is 2.33. The minimum atomic E-state index is -0.0293. The lowest BCUT2D eigenvalue weighted by atomic mass is 10.2. The normalized spacial score (nSPS) is 10.3. The maximum atomic E-state index is 9.02. The van der Waals surface area contributed by atoms with E-state index in [0.29, 0.717) is 16.7 Å². The van der Waals surface area contributed by atoms with Gasteiger partial charge in [-0.15, -0.1) is 0 Å². The highest BCUT2D eigenvalue weighted by molar-refractivity contribution is 6.30. The fraction of sp³-hybridized carbons (Fsp3) is 0.154. The molecule has 0 spiro atoms. The Morgan fingerprint density at radius 1 is 1.29 bits per heavy atom. The standard InChI is InChI=1S/C13H12ClNO2/c1-9-6-11(14)2-3-12(9)17-13-7-10(8-16)4-5-15-13/h2-7,16H,8H2,1H3. The number of aromatic nitrogens is 1. The summed E-state index contributed by atoms with van der Waals surface area (Å²) in [5.41, 5.74) is 1.70. The summed E-state index contributed by atoms with van der Waals surface area (Å²) in [5.74, 6) is 1.17. The van der Waals surface area contributed by atoms with Gasteiger partial charge in [-0.2, -0.15) is 0 Å². The molecule has 1 N–H and O–H groups in total. The molecular formula is C13H12ClNO2. The number of pyridine rings is 1. The van der Waals surface area contributed by atoms with E-state index in [1.807, 2.05) is 13.0 Å². The summed E-state index contributed by atoms with van der Waals surface area (Å²) in [4.78, 5) is 4.08. The van der Waals surface area contributed by atoms with Crippen molar-refractivity contribution in [3.05, 3.63) is 52.7 Å². The molecule has 0 atom stereocenters. The van der Waals surface area contributed by atoms with Crippen LogP contribution in [0.25, 0.3) is 0 Å². The van der Waals surface area contributed by atoms with E-state index in [0.717, 1.165) is 11.1 Å². The molecule has 2 rings (SSSR count). The van der Waals surface area contributed by atoms with Crippen molar-refractivity contribution >= 4 is 11.6 Å². The third-order valence-electron chi connectivity index (χ3n) is 2.33. The maximum absolute atomic E-state index is 9.02. The molecule has 0 aliphatic carbocycles. The van der Waals surface area contributed by atoms with E-state index >= 15 is 0 Å². The first-order chi connectivity index (χ1) is 8.19. The third-order valence-corrected chi connectivity index (χ3v) is 2.57. The number of benzene rings is 1. The average molecular weight is 250 g/mol. The van der Waals surface area contributed by atoms with Crippen LogP contribution < -0.4 is 4.74 Å². The van der Waals surface area contributed by atoms with Gasteiger partial charge in [-0.25, -0.2) is 4.98 Å². The summed E-state index contributed by atoms with van der Waals surface area (Å²) in [6.07, 6.45) is 1.60. The summed E-state index contributed by atoms with van der Waals surface area (Å²) >= 11 is 5.86. The van der Waals surface area contributed by atoms with Crippen molar-refractivity contribution in [2.75, 3.05) is 0 Å². The van der Waals surface area contributed by atoms with E-state index < -0.39 is 0 Å². The van der Waals surface area contributed by atoms with Crippen LogP contribution in [0.5, 0.6) is 11.6 Å². The number of aliphatic hydroxyl groups excluding tert-OH is 1. The van der Waals surface area contributed by atoms with E-state index in [1.54, 1.807) is 30.5 Å². The lowest BCUT2D eigenvalue weighted by Gasteiger charge is -2.08. The second kappa shape index (κ2) is 5.17. The van der Waals surface area contributed by atoms with E-state index in [9.17, 15) is 0 Å². The van der Waals surface area contributed by atoms with Gasteiger partial charge in [-0.1, -0.05) is 11.6 Å². The van der Waals surface area contributed by atoms with Crippen LogP contribution in [0.3, 0.4) is 0 Å². The minimum Gasteiger partial charge on any atom is -0.439 e. The molecule has 4 heteroatoms. The Bertz CT molecular complexity index is 529. The minimum absolute atomic E-state index is 0.0293. The molecule has 0 saturated heterocycles. The summed E-state index contributed by atoms with van der Waals surface area (Å²) in [5, 5.41) is 9.69. The van der Waals surface area contributed by atoms with Crippen LogP contribution in [-0.2, 0) is 6.61 Å². The molecule has 0 saturated carbocycles. The van der Waals surface area contributed by atoms with Crippen LogP contribution in [0.2, 0.25) is 5.02 Å². The van der Waals surface area contributed by atoms with Crippen molar-refractivity contribution in [3.8, 4) is 11.6 Å². The third kappa shape index (κ3) is 2.96. The molecule has 1 aromatic carbocycles. The monoisotopic (exact) mass is 249 g/mol. The largest absolute Gasteiger partial charge is 0.439 e. The molecule has 0 radical (unpaired) electrons. The van der Waals surface area contributed by atoms with Crippen LogP contribution in [0.4, 0.5) is 0 Å². The van der Waals surface area contributed by atoms with E-state index in [1.165, 1.54) is 0 Å². The zero-order valence-corrected chi connectivity index (χ0v) is 10.1. The molecule has 0 aliphatic heterocycles. The van der Waals surface area contributed by atoms with Crippen molar-refractivity contribution < 1.29 is 9.84 Å². The SMILES string of the molecule is Cc1cc(Cl)ccc1Oc1cc(CO)ccn1. The highest BCUT2D eigenvalue weighted by Gasteiger charge is 2.03. The van der Waals surface area contributed by atoms with Gasteiger partial charge in [0.25, 0.3) is 0 Å². The lowest BCUT2D eigenvalue weighted by molar-refractivity contribution is 0.281. The molecule has 1 aromatic heterocycles. The predicted octanol–water partition coefficient (Wildman–Crippen LogP) is 3.33. The lowest BCUT2D eigenvalue weighted by Crippen LogP contribution is -1.92. The number of rotatable bonds is 3. The van der Waals surface area contributed by atoms with Gasteiger partial charge in [-0.3, -0.25) is 0 Å². The van der Waals surface area contributed by atoms with Crippen LogP contribution in [-0.4, -0.2) is 10.1 Å². The van der Waals surface area contributed by atoms with Crippen molar-refractivity contribution in [3.63, 3.8) is 0 Å². The maximum Gasteiger partial charge on any atom is 0.219 e. The predicted molar refractivity (Wildman–Crippen MR) is 66.4 cm³/mol. The Morgan fingerprint density at radius 2 is 2.12 bits per heavy atom. The van der Waals surface area contributed by atoms with Gasteiger partial charge in [-0.05, 0) is 42.3 Å². The molecule has 1 heterocycles. The topological polar surface area (TPSA) is 42.4 Å². The van der Waals surface area contributed by atoms with Gasteiger partial charge < -0.3 is 9.84 Å². The first-order valence-electron chi connectivity index (χ1n) is 5.19. The first-order valence-corrected chi connectivity index (χ1v) is 5.56. The number of ether oxygens (including phenoxy) is 1. The van der Waals surface area contributed by atoms with Crippen molar-refractivity contribution in [2.24, 2.45) is 0 Å². The van der Waals surface area contributed by atoms with Crippen molar-refractivity contribution in [2.45, 2.75) is 13.5 Å². The molecule has 2 aromatic rings. The number of hydrogen-bond donors (Lipinski definition) is 1. The molecule has 3 nitrogen and oxygen atoms in total. The Kier molecular flexibility index (Phi) is 3.61.